The lowest BCUT2D eigenvalue weighted by Crippen LogP contribution is -2.29. The minimum Gasteiger partial charge on any atom is -0.358 e. The van der Waals surface area contributed by atoms with Crippen LogP contribution in [0.2, 0.25) is 5.02 Å². The minimum atomic E-state index is -0.427. The third-order valence-electron chi connectivity index (χ3n) is 4.36. The van der Waals surface area contributed by atoms with Gasteiger partial charge in [0.05, 0.1) is 12.2 Å². The Morgan fingerprint density at radius 1 is 1.00 bits per heavy atom. The van der Waals surface area contributed by atoms with Crippen molar-refractivity contribution in [3.63, 3.8) is 0 Å². The highest BCUT2D eigenvalue weighted by molar-refractivity contribution is 6.30. The number of hydrazine groups is 1. The molecular weight excluding hydrogens is 392 g/mol. The lowest BCUT2D eigenvalue weighted by atomic mass is 10.1. The molecule has 0 aromatic heterocycles. The number of nitrogens with one attached hydrogen (secondary N) is 4. The van der Waals surface area contributed by atoms with Gasteiger partial charge in [-0.1, -0.05) is 29.3 Å². The van der Waals surface area contributed by atoms with Crippen LogP contribution in [0, 0.1) is 6.92 Å². The second-order valence-corrected chi connectivity index (χ2v) is 7.07. The van der Waals surface area contributed by atoms with E-state index in [1.807, 2.05) is 31.2 Å². The lowest BCUT2D eigenvalue weighted by molar-refractivity contribution is -0.121. The molecule has 1 heterocycles. The molecule has 1 aliphatic heterocycles. The zero-order chi connectivity index (χ0) is 20.8. The van der Waals surface area contributed by atoms with Crippen molar-refractivity contribution < 1.29 is 14.4 Å². The van der Waals surface area contributed by atoms with Crippen LogP contribution in [0.25, 0.3) is 0 Å². The molecule has 0 aliphatic carbocycles. The van der Waals surface area contributed by atoms with E-state index in [1.54, 1.807) is 24.3 Å². The molecule has 7 nitrogen and oxygen atoms in total. The van der Waals surface area contributed by atoms with E-state index in [9.17, 15) is 14.4 Å². The number of allylic oxidation sites excluding steroid dienone is 1. The first-order chi connectivity index (χ1) is 13.9. The molecule has 29 heavy (non-hydrogen) atoms. The number of anilines is 2. The van der Waals surface area contributed by atoms with Gasteiger partial charge in [-0.05, 0) is 49.7 Å². The monoisotopic (exact) mass is 412 g/mol. The van der Waals surface area contributed by atoms with E-state index in [4.69, 9.17) is 11.6 Å². The number of hydrogen-bond acceptors (Lipinski definition) is 5. The lowest BCUT2D eigenvalue weighted by Gasteiger charge is -2.14. The van der Waals surface area contributed by atoms with Crippen LogP contribution < -0.4 is 21.5 Å². The summed E-state index contributed by atoms with van der Waals surface area (Å²) in [5, 5.41) is 6.25. The van der Waals surface area contributed by atoms with Gasteiger partial charge in [-0.3, -0.25) is 25.2 Å². The van der Waals surface area contributed by atoms with Crippen molar-refractivity contribution in [2.24, 2.45) is 0 Å². The van der Waals surface area contributed by atoms with Crippen molar-refractivity contribution in [2.45, 2.75) is 19.8 Å². The molecule has 1 aliphatic rings. The Kier molecular flexibility index (Phi) is 6.51. The Bertz CT molecular complexity index is 935. The molecular formula is C21H21ClN4O3. The summed E-state index contributed by atoms with van der Waals surface area (Å²) in [6.45, 7) is 1.94. The molecule has 2 amide bonds. The summed E-state index contributed by atoms with van der Waals surface area (Å²) in [4.78, 5) is 36.5. The molecule has 2 aromatic carbocycles. The summed E-state index contributed by atoms with van der Waals surface area (Å²) in [7, 11) is 0. The smallest absolute Gasteiger partial charge is 0.257 e. The first kappa shape index (κ1) is 20.4. The van der Waals surface area contributed by atoms with Gasteiger partial charge in [0, 0.05) is 22.8 Å². The maximum absolute atomic E-state index is 12.2. The fourth-order valence-corrected chi connectivity index (χ4v) is 2.93. The molecule has 0 atom stereocenters. The number of carbonyl (C=O) groups excluding carboxylic acids is 3. The Morgan fingerprint density at radius 3 is 2.28 bits per heavy atom. The molecule has 0 radical (unpaired) electrons. The maximum Gasteiger partial charge on any atom is 0.257 e. The molecule has 4 N–H and O–H groups in total. The molecule has 0 unspecified atom stereocenters. The van der Waals surface area contributed by atoms with Crippen molar-refractivity contribution >= 4 is 40.6 Å². The fraction of sp³-hybridized carbons (Fsp3) is 0.190. The molecule has 2 aromatic rings. The van der Waals surface area contributed by atoms with E-state index in [-0.39, 0.29) is 36.6 Å². The van der Waals surface area contributed by atoms with Gasteiger partial charge in [0.15, 0.2) is 5.78 Å². The standard InChI is InChI=1S/C21H21ClN4O3/c1-13-2-6-15(7-3-13)24-17(20-18(27)12-23-21(20)29)10-11-19(28)26-25-16-8-4-14(22)5-9-16/h2-9,24-25H,10-12H2,1H3,(H,23,29)(H,26,28). The van der Waals surface area contributed by atoms with E-state index in [1.165, 1.54) is 0 Å². The maximum atomic E-state index is 12.2. The second-order valence-electron chi connectivity index (χ2n) is 6.63. The van der Waals surface area contributed by atoms with Gasteiger partial charge in [0.25, 0.3) is 5.91 Å². The van der Waals surface area contributed by atoms with E-state index < -0.39 is 5.91 Å². The molecule has 1 fully saturated rings. The van der Waals surface area contributed by atoms with Crippen molar-refractivity contribution in [2.75, 3.05) is 17.3 Å². The first-order valence-corrected chi connectivity index (χ1v) is 9.49. The van der Waals surface area contributed by atoms with Gasteiger partial charge in [-0.2, -0.15) is 0 Å². The summed E-state index contributed by atoms with van der Waals surface area (Å²) in [6.07, 6.45) is 0.287. The van der Waals surface area contributed by atoms with Gasteiger partial charge in [-0.15, -0.1) is 0 Å². The highest BCUT2D eigenvalue weighted by Crippen LogP contribution is 2.20. The van der Waals surface area contributed by atoms with Crippen LogP contribution >= 0.6 is 11.6 Å². The summed E-state index contributed by atoms with van der Waals surface area (Å²) >= 11 is 5.83. The summed E-state index contributed by atoms with van der Waals surface area (Å²) in [6, 6.07) is 14.4. The predicted octanol–water partition coefficient (Wildman–Crippen LogP) is 2.94. The van der Waals surface area contributed by atoms with E-state index in [0.29, 0.717) is 16.4 Å². The topological polar surface area (TPSA) is 99.3 Å². The quantitative estimate of drug-likeness (QED) is 0.318. The summed E-state index contributed by atoms with van der Waals surface area (Å²) in [5.74, 6) is -0.997. The molecule has 3 rings (SSSR count). The van der Waals surface area contributed by atoms with Crippen LogP contribution in [0.4, 0.5) is 11.4 Å². The molecule has 0 bridgehead atoms. The highest BCUT2D eigenvalue weighted by Gasteiger charge is 2.29. The van der Waals surface area contributed by atoms with Crippen molar-refractivity contribution in [1.82, 2.24) is 10.7 Å². The van der Waals surface area contributed by atoms with Crippen molar-refractivity contribution in [3.8, 4) is 0 Å². The van der Waals surface area contributed by atoms with Gasteiger partial charge in [0.2, 0.25) is 5.91 Å². The van der Waals surface area contributed by atoms with Crippen molar-refractivity contribution in [1.29, 1.82) is 0 Å². The van der Waals surface area contributed by atoms with E-state index in [2.05, 4.69) is 21.5 Å². The average Bonchev–Trinajstić information content (AvgIpc) is 3.04. The van der Waals surface area contributed by atoms with Gasteiger partial charge in [-0.25, -0.2) is 0 Å². The van der Waals surface area contributed by atoms with Gasteiger partial charge >= 0.3 is 0 Å². The summed E-state index contributed by atoms with van der Waals surface area (Å²) < 4.78 is 0. The molecule has 8 heteroatoms. The van der Waals surface area contributed by atoms with Crippen LogP contribution in [-0.2, 0) is 14.4 Å². The Hall–Kier alpha value is -3.32. The largest absolute Gasteiger partial charge is 0.358 e. The van der Waals surface area contributed by atoms with Crippen LogP contribution in [0.15, 0.2) is 59.8 Å². The zero-order valence-electron chi connectivity index (χ0n) is 15.8. The van der Waals surface area contributed by atoms with E-state index in [0.717, 1.165) is 11.3 Å². The number of halogens is 1. The Morgan fingerprint density at radius 2 is 1.66 bits per heavy atom. The highest BCUT2D eigenvalue weighted by atomic mass is 35.5. The number of ketones is 1. The van der Waals surface area contributed by atoms with Crippen LogP contribution in [0.5, 0.6) is 0 Å². The molecule has 1 saturated heterocycles. The third kappa shape index (κ3) is 5.58. The zero-order valence-corrected chi connectivity index (χ0v) is 16.6. The number of amides is 2. The second kappa shape index (κ2) is 9.25. The third-order valence-corrected chi connectivity index (χ3v) is 4.61. The van der Waals surface area contributed by atoms with Gasteiger partial charge in [0.1, 0.15) is 5.57 Å². The molecule has 0 spiro atoms. The van der Waals surface area contributed by atoms with E-state index >= 15 is 0 Å². The number of Topliss-reactive ketones (excluding diaryl/α,β-unsaturated/α-hetero) is 1. The minimum absolute atomic E-state index is 0.0302. The SMILES string of the molecule is Cc1ccc(NC(CCC(=O)NNc2ccc(Cl)cc2)=C2C(=O)CNC2=O)cc1. The first-order valence-electron chi connectivity index (χ1n) is 9.11. The molecule has 0 saturated carbocycles. The predicted molar refractivity (Wildman–Crippen MR) is 112 cm³/mol. The average molecular weight is 413 g/mol. The van der Waals surface area contributed by atoms with Crippen LogP contribution in [0.3, 0.4) is 0 Å². The number of benzene rings is 2. The number of aryl methyl sites for hydroxylation is 1. The van der Waals surface area contributed by atoms with Crippen LogP contribution in [-0.4, -0.2) is 24.1 Å². The molecule has 150 valence electrons. The number of hydrogen-bond donors (Lipinski definition) is 4. The summed E-state index contributed by atoms with van der Waals surface area (Å²) in [5.41, 5.74) is 8.40. The van der Waals surface area contributed by atoms with Crippen molar-refractivity contribution in [3.05, 3.63) is 70.4 Å². The Labute approximate surface area is 173 Å². The Balaban J connectivity index is 1.66. The van der Waals surface area contributed by atoms with Gasteiger partial charge < -0.3 is 10.6 Å². The van der Waals surface area contributed by atoms with Crippen LogP contribution in [0.1, 0.15) is 18.4 Å². The number of rotatable bonds is 7. The fourth-order valence-electron chi connectivity index (χ4n) is 2.81. The number of carbonyl (C=O) groups is 3. The normalized spacial score (nSPS) is 15.0.